The topological polar surface area (TPSA) is 484 Å². The van der Waals surface area contributed by atoms with Crippen LogP contribution in [0, 0.1) is 11.8 Å². The molecule has 494 valence electrons. The predicted molar refractivity (Wildman–Crippen MR) is 330 cm³/mol. The van der Waals surface area contributed by atoms with Gasteiger partial charge >= 0.3 is 6.03 Å². The van der Waals surface area contributed by atoms with Gasteiger partial charge in [-0.3, -0.25) is 58.4 Å². The summed E-state index contributed by atoms with van der Waals surface area (Å²) in [6.45, 7) is 7.34. The fourth-order valence-electron chi connectivity index (χ4n) is 10.5. The number of ketones is 1. The Bertz CT molecular complexity index is 3230. The van der Waals surface area contributed by atoms with Crippen LogP contribution in [0.5, 0.6) is 5.75 Å². The number of likely N-dealkylation sites (tertiary alicyclic amines) is 1. The Morgan fingerprint density at radius 2 is 1.42 bits per heavy atom. The van der Waals surface area contributed by atoms with Gasteiger partial charge in [0.05, 0.1) is 31.2 Å². The quantitative estimate of drug-likeness (QED) is 0.0109. The molecule has 0 spiro atoms. The molecule has 9 unspecified atom stereocenters. The summed E-state index contributed by atoms with van der Waals surface area (Å²) < 4.78 is 6.03. The second-order valence-corrected chi connectivity index (χ2v) is 24.0. The standard InChI is InChI=1S/C60H85N17O14/c1-32(2)22-43(52(84)69-41(12-8-20-65-58(61)62)57(89)77-21-9-13-47(77)56(88)75-76-59(63)90)71-55(87)46(30-91-60(3,4)5)74-53(85)44(23-33-14-16-37(79)17-15-33)72-54(86)45(29-78)73-50(82)34(24-35-27-66-39-11-7-6-10-38(35)39)25-48(80)42(26-36-28-64-31-67-36)70-51(83)40-18-19-49(81)68-40/h6-7,10-11,14-17,27-28,31-32,34,40-47,66,78-79H,8-9,12-13,18-26,29-30H2,1-5H3,(H,64,67)(H,68,81)(H,69,84)(H,70,83)(H,71,87)(H,72,86)(H,73,82)(H,74,85)(H,75,88)(H4,61,62,65)(H3,63,76,90). The van der Waals surface area contributed by atoms with Crippen molar-refractivity contribution >= 4 is 81.8 Å². The van der Waals surface area contributed by atoms with Crippen LogP contribution in [0.1, 0.15) is 103 Å². The number of aliphatic hydroxyl groups is 1. The van der Waals surface area contributed by atoms with Crippen LogP contribution in [0.15, 0.2) is 72.2 Å². The van der Waals surface area contributed by atoms with E-state index in [1.54, 1.807) is 46.9 Å². The van der Waals surface area contributed by atoms with Gasteiger partial charge in [-0.05, 0) is 101 Å². The summed E-state index contributed by atoms with van der Waals surface area (Å²) in [5.74, 6) is -9.34. The van der Waals surface area contributed by atoms with Crippen LogP contribution in [0.3, 0.4) is 0 Å². The van der Waals surface area contributed by atoms with Crippen LogP contribution in [-0.2, 0) is 71.9 Å². The number of hydrogen-bond donors (Lipinski definition) is 16. The van der Waals surface area contributed by atoms with Crippen molar-refractivity contribution in [2.24, 2.45) is 34.0 Å². The minimum Gasteiger partial charge on any atom is -0.508 e. The summed E-state index contributed by atoms with van der Waals surface area (Å²) in [7, 11) is 0. The lowest BCUT2D eigenvalue weighted by molar-refractivity contribution is -0.142. The van der Waals surface area contributed by atoms with Gasteiger partial charge in [0, 0.05) is 73.7 Å². The van der Waals surface area contributed by atoms with Gasteiger partial charge in [-0.1, -0.05) is 44.2 Å². The molecule has 2 aromatic carbocycles. The molecule has 11 amide bonds. The number of Topliss-reactive ketones (excluding diaryl/α,β-unsaturated/α-hetero) is 1. The number of rotatable bonds is 32. The molecule has 9 atom stereocenters. The van der Waals surface area contributed by atoms with Crippen LogP contribution < -0.4 is 65.3 Å². The first-order chi connectivity index (χ1) is 43.2. The number of benzene rings is 2. The Kier molecular flexibility index (Phi) is 25.7. The van der Waals surface area contributed by atoms with Crippen LogP contribution in [-0.4, -0.2) is 181 Å². The van der Waals surface area contributed by atoms with E-state index in [1.165, 1.54) is 41.7 Å². The highest BCUT2D eigenvalue weighted by Crippen LogP contribution is 2.25. The highest BCUT2D eigenvalue weighted by Gasteiger charge is 2.40. The summed E-state index contributed by atoms with van der Waals surface area (Å²) in [5, 5.41) is 40.3. The summed E-state index contributed by atoms with van der Waals surface area (Å²) >= 11 is 0. The number of carbonyl (C=O) groups excluding carboxylic acids is 11. The van der Waals surface area contributed by atoms with Crippen molar-refractivity contribution in [1.82, 2.24) is 67.9 Å². The lowest BCUT2D eigenvalue weighted by Crippen LogP contribution is -2.61. The molecule has 0 saturated carbocycles. The number of fused-ring (bicyclic) bond motifs is 1. The van der Waals surface area contributed by atoms with E-state index >= 15 is 0 Å². The van der Waals surface area contributed by atoms with Gasteiger partial charge in [0.2, 0.25) is 47.3 Å². The number of carbonyl (C=O) groups is 11. The zero-order valence-corrected chi connectivity index (χ0v) is 51.6. The van der Waals surface area contributed by atoms with E-state index in [0.717, 1.165) is 10.9 Å². The number of aromatic nitrogens is 3. The third kappa shape index (κ3) is 21.8. The molecule has 31 nitrogen and oxygen atoms in total. The van der Waals surface area contributed by atoms with E-state index < -0.39 is 139 Å². The minimum atomic E-state index is -1.76. The molecule has 0 bridgehead atoms. The lowest BCUT2D eigenvalue weighted by atomic mass is 9.89. The number of nitrogens with two attached hydrogens (primary N) is 3. The molecule has 0 aliphatic carbocycles. The minimum absolute atomic E-state index is 0.00898. The Morgan fingerprint density at radius 1 is 0.758 bits per heavy atom. The van der Waals surface area contributed by atoms with Gasteiger partial charge < -0.3 is 84.2 Å². The highest BCUT2D eigenvalue weighted by molar-refractivity contribution is 5.99. The van der Waals surface area contributed by atoms with E-state index in [2.05, 4.69) is 62.6 Å². The molecule has 2 aliphatic rings. The number of aromatic hydroxyl groups is 1. The van der Waals surface area contributed by atoms with Crippen LogP contribution in [0.25, 0.3) is 10.9 Å². The summed E-state index contributed by atoms with van der Waals surface area (Å²) in [6.07, 6.45) is 4.74. The smallest absolute Gasteiger partial charge is 0.330 e. The molecule has 4 aromatic rings. The van der Waals surface area contributed by atoms with Crippen molar-refractivity contribution in [3.8, 4) is 5.75 Å². The second-order valence-electron chi connectivity index (χ2n) is 24.0. The van der Waals surface area contributed by atoms with Crippen LogP contribution >= 0.6 is 0 Å². The molecule has 2 fully saturated rings. The molecule has 4 heterocycles. The lowest BCUT2D eigenvalue weighted by Gasteiger charge is -2.31. The van der Waals surface area contributed by atoms with Crippen molar-refractivity contribution in [3.05, 3.63) is 84.1 Å². The van der Waals surface area contributed by atoms with Crippen molar-refractivity contribution in [3.63, 3.8) is 0 Å². The number of ether oxygens (including phenoxy) is 1. The number of aliphatic imine (C=N–C) groups is 1. The number of nitrogens with one attached hydrogen (secondary N) is 11. The number of para-hydroxylation sites is 1. The average molecular weight is 1270 g/mol. The van der Waals surface area contributed by atoms with Crippen molar-refractivity contribution in [2.45, 2.75) is 159 Å². The number of phenols is 1. The summed E-state index contributed by atoms with van der Waals surface area (Å²) in [4.78, 5) is 167. The molecule has 19 N–H and O–H groups in total. The fraction of sp³-hybridized carbons (Fsp3) is 0.517. The molecule has 91 heavy (non-hydrogen) atoms. The Morgan fingerprint density at radius 3 is 2.07 bits per heavy atom. The SMILES string of the molecule is CC(C)CC(NC(=O)C(COC(C)(C)C)NC(=O)C(Cc1ccc(O)cc1)NC(=O)C(CO)NC(=O)C(CC(=O)C(Cc1cnc[nH]1)NC(=O)C1CCC(=O)N1)Cc1c[nH]c2ccccc12)C(=O)NC(CCCN=C(N)N)C(=O)N1CCCC1C(=O)NNC(N)=O. The largest absolute Gasteiger partial charge is 0.508 e. The predicted octanol–water partition coefficient (Wildman–Crippen LogP) is -2.02. The molecule has 6 rings (SSSR count). The number of hydrogen-bond acceptors (Lipinski definition) is 16. The third-order valence-corrected chi connectivity index (χ3v) is 15.1. The first kappa shape index (κ1) is 70.4. The Hall–Kier alpha value is -9.65. The summed E-state index contributed by atoms with van der Waals surface area (Å²) in [6, 6.07) is 1.11. The van der Waals surface area contributed by atoms with Gasteiger partial charge in [-0.25, -0.2) is 15.2 Å². The van der Waals surface area contributed by atoms with Crippen molar-refractivity contribution in [2.75, 3.05) is 26.3 Å². The molecular formula is C60H85N17O14. The van der Waals surface area contributed by atoms with E-state index in [-0.39, 0.29) is 94.4 Å². The molecule has 2 aromatic heterocycles. The average Bonchev–Trinajstić information content (AvgIpc) is 1.84. The highest BCUT2D eigenvalue weighted by atomic mass is 16.5. The van der Waals surface area contributed by atoms with Gasteiger partial charge in [-0.2, -0.15) is 0 Å². The molecule has 0 radical (unpaired) electrons. The maximum atomic E-state index is 14.8. The van der Waals surface area contributed by atoms with E-state index in [1.807, 2.05) is 23.6 Å². The number of urea groups is 1. The van der Waals surface area contributed by atoms with Gasteiger partial charge in [0.25, 0.3) is 5.91 Å². The van der Waals surface area contributed by atoms with Gasteiger partial charge in [0.1, 0.15) is 48.0 Å². The van der Waals surface area contributed by atoms with Gasteiger partial charge in [-0.15, -0.1) is 0 Å². The van der Waals surface area contributed by atoms with Crippen LogP contribution in [0.4, 0.5) is 4.79 Å². The fourth-order valence-corrected chi connectivity index (χ4v) is 10.5. The van der Waals surface area contributed by atoms with E-state index in [9.17, 15) is 63.0 Å². The number of imidazole rings is 1. The van der Waals surface area contributed by atoms with Crippen LogP contribution in [0.2, 0.25) is 0 Å². The first-order valence-corrected chi connectivity index (χ1v) is 30.1. The molecule has 2 saturated heterocycles. The van der Waals surface area contributed by atoms with Gasteiger partial charge in [0.15, 0.2) is 11.7 Å². The zero-order chi connectivity index (χ0) is 66.5. The number of guanidine groups is 1. The number of phenolic OH excluding ortho intramolecular Hbond substituents is 1. The molecular weight excluding hydrogens is 1180 g/mol. The molecule has 31 heteroatoms. The number of aromatic amines is 2. The number of H-pyrrole nitrogens is 2. The number of nitrogens with zero attached hydrogens (tertiary/aromatic N) is 3. The number of aliphatic hydroxyl groups excluding tert-OH is 1. The normalized spacial score (nSPS) is 17.0. The van der Waals surface area contributed by atoms with Crippen molar-refractivity contribution in [1.29, 1.82) is 0 Å². The van der Waals surface area contributed by atoms with E-state index in [0.29, 0.717) is 23.2 Å². The maximum Gasteiger partial charge on any atom is 0.330 e. The second kappa shape index (κ2) is 33.3. The number of primary amides is 1. The Balaban J connectivity index is 1.24. The van der Waals surface area contributed by atoms with Crippen molar-refractivity contribution < 1.29 is 67.7 Å². The maximum absolute atomic E-state index is 14.8. The molecule has 2 aliphatic heterocycles. The first-order valence-electron chi connectivity index (χ1n) is 30.1. The monoisotopic (exact) mass is 1270 g/mol. The summed E-state index contributed by atoms with van der Waals surface area (Å²) in [5.41, 5.74) is 21.7. The third-order valence-electron chi connectivity index (χ3n) is 15.1. The zero-order valence-electron chi connectivity index (χ0n) is 51.6. The Labute approximate surface area is 525 Å². The number of hydrazine groups is 1. The number of amides is 11. The van der Waals surface area contributed by atoms with E-state index in [4.69, 9.17) is 21.9 Å².